The van der Waals surface area contributed by atoms with Gasteiger partial charge in [-0.15, -0.1) is 0 Å². The summed E-state index contributed by atoms with van der Waals surface area (Å²) in [6.07, 6.45) is 3.90. The molecule has 0 saturated carbocycles. The first-order valence-electron chi connectivity index (χ1n) is 6.15. The molecule has 0 atom stereocenters. The van der Waals surface area contributed by atoms with E-state index in [1.165, 1.54) is 5.56 Å². The highest BCUT2D eigenvalue weighted by molar-refractivity contribution is 5.66. The zero-order valence-electron chi connectivity index (χ0n) is 10.7. The lowest BCUT2D eigenvalue weighted by Gasteiger charge is -2.06. The summed E-state index contributed by atoms with van der Waals surface area (Å²) in [5.41, 5.74) is 1.21. The second kappa shape index (κ2) is 8.53. The van der Waals surface area contributed by atoms with Crippen molar-refractivity contribution in [3.05, 3.63) is 29.8 Å². The van der Waals surface area contributed by atoms with Crippen molar-refractivity contribution in [3.8, 4) is 5.75 Å². The van der Waals surface area contributed by atoms with Crippen LogP contribution < -0.4 is 4.74 Å². The van der Waals surface area contributed by atoms with Crippen molar-refractivity contribution in [3.63, 3.8) is 0 Å². The van der Waals surface area contributed by atoms with Crippen molar-refractivity contribution in [2.45, 2.75) is 32.1 Å². The number of benzene rings is 1. The van der Waals surface area contributed by atoms with Gasteiger partial charge >= 0.3 is 5.97 Å². The average molecular weight is 252 g/mol. The van der Waals surface area contributed by atoms with E-state index in [2.05, 4.69) is 6.07 Å². The Hall–Kier alpha value is -1.55. The van der Waals surface area contributed by atoms with Crippen LogP contribution in [0.4, 0.5) is 0 Å². The Morgan fingerprint density at radius 2 is 2.11 bits per heavy atom. The van der Waals surface area contributed by atoms with Crippen LogP contribution in [-0.4, -0.2) is 25.0 Å². The molecule has 0 saturated heterocycles. The van der Waals surface area contributed by atoms with E-state index in [1.54, 1.807) is 7.11 Å². The van der Waals surface area contributed by atoms with Crippen LogP contribution in [0.2, 0.25) is 0 Å². The van der Waals surface area contributed by atoms with Gasteiger partial charge in [0.05, 0.1) is 0 Å². The summed E-state index contributed by atoms with van der Waals surface area (Å²) in [7, 11) is 1.59. The molecular formula is C14H20O4. The molecule has 0 aliphatic rings. The third kappa shape index (κ3) is 6.25. The van der Waals surface area contributed by atoms with Crippen LogP contribution in [0.1, 0.15) is 31.2 Å². The van der Waals surface area contributed by atoms with Gasteiger partial charge in [0.2, 0.25) is 0 Å². The molecule has 0 unspecified atom stereocenters. The fraction of sp³-hybridized carbons (Fsp3) is 0.500. The lowest BCUT2D eigenvalue weighted by atomic mass is 10.1. The highest BCUT2D eigenvalue weighted by atomic mass is 16.7. The molecule has 0 radical (unpaired) electrons. The Labute approximate surface area is 108 Å². The normalized spacial score (nSPS) is 10.3. The predicted molar refractivity (Wildman–Crippen MR) is 68.8 cm³/mol. The SMILES string of the molecule is COCOc1cccc(CCCCCC(=O)O)c1. The molecule has 4 nitrogen and oxygen atoms in total. The van der Waals surface area contributed by atoms with E-state index in [0.29, 0.717) is 0 Å². The van der Waals surface area contributed by atoms with E-state index in [-0.39, 0.29) is 13.2 Å². The quantitative estimate of drug-likeness (QED) is 0.542. The number of rotatable bonds is 9. The van der Waals surface area contributed by atoms with Crippen LogP contribution in [0.15, 0.2) is 24.3 Å². The number of carboxylic acids is 1. The summed E-state index contributed by atoms with van der Waals surface area (Å²) in [6.45, 7) is 0.252. The van der Waals surface area contributed by atoms with Gasteiger partial charge in [-0.05, 0) is 37.0 Å². The molecule has 18 heavy (non-hydrogen) atoms. The Kier molecular flexibility index (Phi) is 6.87. The molecule has 100 valence electrons. The Morgan fingerprint density at radius 1 is 1.28 bits per heavy atom. The summed E-state index contributed by atoms with van der Waals surface area (Å²) in [4.78, 5) is 10.3. The van der Waals surface area contributed by atoms with Crippen LogP contribution in [0.25, 0.3) is 0 Å². The van der Waals surface area contributed by atoms with Crippen LogP contribution in [0.5, 0.6) is 5.75 Å². The summed E-state index contributed by atoms with van der Waals surface area (Å²) in [5.74, 6) is 0.0878. The number of carbonyl (C=O) groups is 1. The molecule has 0 fully saturated rings. The summed E-state index contributed by atoms with van der Waals surface area (Å²) in [6, 6.07) is 7.90. The van der Waals surface area contributed by atoms with Crippen LogP contribution in [0, 0.1) is 0 Å². The van der Waals surface area contributed by atoms with Crippen molar-refractivity contribution in [1.82, 2.24) is 0 Å². The topological polar surface area (TPSA) is 55.8 Å². The molecule has 1 rings (SSSR count). The van der Waals surface area contributed by atoms with Gasteiger partial charge in [0.1, 0.15) is 5.75 Å². The monoisotopic (exact) mass is 252 g/mol. The molecular weight excluding hydrogens is 232 g/mol. The van der Waals surface area contributed by atoms with E-state index >= 15 is 0 Å². The van der Waals surface area contributed by atoms with Crippen molar-refractivity contribution < 1.29 is 19.4 Å². The zero-order chi connectivity index (χ0) is 13.2. The second-order valence-corrected chi connectivity index (χ2v) is 4.15. The first kappa shape index (κ1) is 14.5. The standard InChI is InChI=1S/C14H20O4/c1-17-11-18-13-8-5-7-12(10-13)6-3-2-4-9-14(15)16/h5,7-8,10H,2-4,6,9,11H2,1H3,(H,15,16). The Morgan fingerprint density at radius 3 is 2.83 bits per heavy atom. The lowest BCUT2D eigenvalue weighted by molar-refractivity contribution is -0.137. The zero-order valence-corrected chi connectivity index (χ0v) is 10.7. The number of hydrogen-bond donors (Lipinski definition) is 1. The van der Waals surface area contributed by atoms with Gasteiger partial charge < -0.3 is 14.6 Å². The van der Waals surface area contributed by atoms with Crippen LogP contribution >= 0.6 is 0 Å². The number of hydrogen-bond acceptors (Lipinski definition) is 3. The second-order valence-electron chi connectivity index (χ2n) is 4.15. The number of carboxylic acid groups (broad SMARTS) is 1. The van der Waals surface area contributed by atoms with E-state index in [1.807, 2.05) is 18.2 Å². The van der Waals surface area contributed by atoms with E-state index in [4.69, 9.17) is 14.6 Å². The van der Waals surface area contributed by atoms with Gasteiger partial charge in [0.25, 0.3) is 0 Å². The highest BCUT2D eigenvalue weighted by Crippen LogP contribution is 2.15. The van der Waals surface area contributed by atoms with Gasteiger partial charge in [-0.2, -0.15) is 0 Å². The Bertz CT molecular complexity index is 363. The summed E-state index contributed by atoms with van der Waals surface area (Å²) < 4.78 is 10.2. The molecule has 1 aromatic carbocycles. The maximum Gasteiger partial charge on any atom is 0.303 e. The fourth-order valence-electron chi connectivity index (χ4n) is 1.70. The van der Waals surface area contributed by atoms with Crippen LogP contribution in [-0.2, 0) is 16.0 Å². The van der Waals surface area contributed by atoms with Crippen molar-refractivity contribution in [1.29, 1.82) is 0 Å². The molecule has 0 bridgehead atoms. The first-order chi connectivity index (χ1) is 8.72. The van der Waals surface area contributed by atoms with E-state index in [0.717, 1.165) is 31.4 Å². The fourth-order valence-corrected chi connectivity index (χ4v) is 1.70. The minimum absolute atomic E-state index is 0.252. The number of aryl methyl sites for hydroxylation is 1. The van der Waals surface area contributed by atoms with E-state index < -0.39 is 5.97 Å². The van der Waals surface area contributed by atoms with Crippen molar-refractivity contribution >= 4 is 5.97 Å². The maximum atomic E-state index is 10.3. The lowest BCUT2D eigenvalue weighted by Crippen LogP contribution is -1.99. The molecule has 0 aliphatic heterocycles. The minimum Gasteiger partial charge on any atom is -0.481 e. The molecule has 1 aromatic rings. The average Bonchev–Trinajstić information content (AvgIpc) is 2.36. The molecule has 0 amide bonds. The van der Waals surface area contributed by atoms with Crippen molar-refractivity contribution in [2.75, 3.05) is 13.9 Å². The molecule has 0 aliphatic carbocycles. The predicted octanol–water partition coefficient (Wildman–Crippen LogP) is 2.86. The van der Waals surface area contributed by atoms with Gasteiger partial charge in [0.15, 0.2) is 6.79 Å². The number of ether oxygens (including phenoxy) is 2. The number of methoxy groups -OCH3 is 1. The van der Waals surface area contributed by atoms with E-state index in [9.17, 15) is 4.79 Å². The molecule has 0 spiro atoms. The number of unbranched alkanes of at least 4 members (excludes halogenated alkanes) is 2. The summed E-state index contributed by atoms with van der Waals surface area (Å²) in [5, 5.41) is 8.52. The van der Waals surface area contributed by atoms with Gasteiger partial charge in [-0.3, -0.25) is 4.79 Å². The molecule has 0 heterocycles. The van der Waals surface area contributed by atoms with Crippen LogP contribution in [0.3, 0.4) is 0 Å². The third-order valence-electron chi connectivity index (χ3n) is 2.60. The third-order valence-corrected chi connectivity index (χ3v) is 2.60. The Balaban J connectivity index is 2.26. The first-order valence-corrected chi connectivity index (χ1v) is 6.15. The molecule has 4 heteroatoms. The minimum atomic E-state index is -0.718. The number of aliphatic carboxylic acids is 1. The summed E-state index contributed by atoms with van der Waals surface area (Å²) >= 11 is 0. The maximum absolute atomic E-state index is 10.3. The highest BCUT2D eigenvalue weighted by Gasteiger charge is 1.99. The van der Waals surface area contributed by atoms with Gasteiger partial charge in [0, 0.05) is 13.5 Å². The van der Waals surface area contributed by atoms with Gasteiger partial charge in [-0.25, -0.2) is 0 Å². The molecule has 0 aromatic heterocycles. The smallest absolute Gasteiger partial charge is 0.303 e. The molecule has 1 N–H and O–H groups in total. The van der Waals surface area contributed by atoms with Crippen molar-refractivity contribution in [2.24, 2.45) is 0 Å². The van der Waals surface area contributed by atoms with Gasteiger partial charge in [-0.1, -0.05) is 18.6 Å². The largest absolute Gasteiger partial charge is 0.481 e.